The molecule has 0 fully saturated rings. The van der Waals surface area contributed by atoms with Crippen LogP contribution in [0.25, 0.3) is 10.9 Å². The molecule has 0 radical (unpaired) electrons. The molecule has 0 spiro atoms. The second-order valence-electron chi connectivity index (χ2n) is 7.10. The van der Waals surface area contributed by atoms with Crippen molar-refractivity contribution in [2.24, 2.45) is 5.10 Å². The van der Waals surface area contributed by atoms with E-state index in [1.54, 1.807) is 24.3 Å². The first-order valence-corrected chi connectivity index (χ1v) is 9.41. The third-order valence-electron chi connectivity index (χ3n) is 4.91. The summed E-state index contributed by atoms with van der Waals surface area (Å²) in [5.74, 6) is 0.0732. The van der Waals surface area contributed by atoms with Gasteiger partial charge < -0.3 is 10.3 Å². The normalized spacial score (nSPS) is 16.1. The van der Waals surface area contributed by atoms with Crippen molar-refractivity contribution >= 4 is 22.6 Å². The van der Waals surface area contributed by atoms with Gasteiger partial charge in [-0.05, 0) is 24.6 Å². The maximum absolute atomic E-state index is 12.6. The highest BCUT2D eigenvalue weighted by Gasteiger charge is 2.24. The van der Waals surface area contributed by atoms with Crippen LogP contribution in [-0.2, 0) is 17.9 Å². The van der Waals surface area contributed by atoms with Crippen LogP contribution in [-0.4, -0.2) is 32.3 Å². The Morgan fingerprint density at radius 1 is 1.14 bits per heavy atom. The smallest absolute Gasteiger partial charge is 0.311 e. The Balaban J connectivity index is 1.48. The van der Waals surface area contributed by atoms with E-state index >= 15 is 0 Å². The second-order valence-corrected chi connectivity index (χ2v) is 7.10. The number of aromatic amines is 1. The zero-order chi connectivity index (χ0) is 20.4. The summed E-state index contributed by atoms with van der Waals surface area (Å²) < 4.78 is 0.901. The number of hydrazone groups is 1. The first-order valence-electron chi connectivity index (χ1n) is 9.41. The van der Waals surface area contributed by atoms with E-state index in [-0.39, 0.29) is 12.6 Å². The van der Waals surface area contributed by atoms with Crippen LogP contribution in [0.5, 0.6) is 0 Å². The number of carbonyl (C=O) groups is 1. The number of benzene rings is 2. The number of nitrogens with zero attached hydrogens (tertiary/aromatic N) is 3. The summed E-state index contributed by atoms with van der Waals surface area (Å²) in [4.78, 5) is 39.9. The molecule has 1 unspecified atom stereocenters. The molecule has 1 aliphatic rings. The number of carbonyl (C=O) groups excluding carboxylic acids is 1. The molecule has 8 heteroatoms. The lowest BCUT2D eigenvalue weighted by Crippen LogP contribution is -2.42. The lowest BCUT2D eigenvalue weighted by atomic mass is 10.2. The Morgan fingerprint density at radius 3 is 2.66 bits per heavy atom. The number of fused-ring (bicyclic) bond motifs is 1. The lowest BCUT2D eigenvalue weighted by Gasteiger charge is -2.19. The van der Waals surface area contributed by atoms with E-state index < -0.39 is 17.2 Å². The maximum atomic E-state index is 12.6. The van der Waals surface area contributed by atoms with Crippen LogP contribution in [0.2, 0.25) is 0 Å². The number of amidine groups is 1. The summed E-state index contributed by atoms with van der Waals surface area (Å²) >= 11 is 0. The molecule has 1 amide bonds. The first-order chi connectivity index (χ1) is 14.0. The van der Waals surface area contributed by atoms with Crippen LogP contribution in [0, 0.1) is 0 Å². The highest BCUT2D eigenvalue weighted by molar-refractivity contribution is 5.98. The molecule has 1 aromatic heterocycles. The minimum Gasteiger partial charge on any atom is -0.311 e. The summed E-state index contributed by atoms with van der Waals surface area (Å²) in [5, 5.41) is 9.50. The van der Waals surface area contributed by atoms with Gasteiger partial charge in [-0.15, -0.1) is 0 Å². The Hall–Kier alpha value is -3.68. The van der Waals surface area contributed by atoms with Gasteiger partial charge in [-0.25, -0.2) is 4.79 Å². The number of H-pyrrole nitrogens is 1. The summed E-state index contributed by atoms with van der Waals surface area (Å²) in [6.45, 7) is 2.31. The molecule has 2 aromatic carbocycles. The summed E-state index contributed by atoms with van der Waals surface area (Å²) in [6.07, 6.45) is 0.585. The Kier molecular flexibility index (Phi) is 4.99. The van der Waals surface area contributed by atoms with Crippen LogP contribution in [0.3, 0.4) is 0 Å². The minimum atomic E-state index is -0.615. The van der Waals surface area contributed by atoms with Crippen LogP contribution in [0.1, 0.15) is 18.9 Å². The molecule has 148 valence electrons. The molecule has 1 atom stereocenters. The number of nitrogens with one attached hydrogen (secondary N) is 2. The van der Waals surface area contributed by atoms with Crippen molar-refractivity contribution in [3.8, 4) is 0 Å². The fourth-order valence-electron chi connectivity index (χ4n) is 3.40. The topological polar surface area (TPSA) is 99.6 Å². The van der Waals surface area contributed by atoms with Gasteiger partial charge in [0.05, 0.1) is 23.5 Å². The Morgan fingerprint density at radius 2 is 1.86 bits per heavy atom. The van der Waals surface area contributed by atoms with Crippen LogP contribution < -0.4 is 16.6 Å². The molecular weight excluding hydrogens is 370 g/mol. The van der Waals surface area contributed by atoms with Crippen molar-refractivity contribution in [1.29, 1.82) is 0 Å². The molecule has 2 N–H and O–H groups in total. The molecule has 3 aromatic rings. The van der Waals surface area contributed by atoms with Crippen LogP contribution in [0.4, 0.5) is 0 Å². The highest BCUT2D eigenvalue weighted by atomic mass is 16.2. The monoisotopic (exact) mass is 391 g/mol. The average Bonchev–Trinajstić information content (AvgIpc) is 3.04. The van der Waals surface area contributed by atoms with Crippen molar-refractivity contribution in [3.05, 3.63) is 81.0 Å². The van der Waals surface area contributed by atoms with Crippen molar-refractivity contribution in [3.63, 3.8) is 0 Å². The van der Waals surface area contributed by atoms with Gasteiger partial charge in [0.15, 0.2) is 0 Å². The van der Waals surface area contributed by atoms with E-state index in [0.717, 1.165) is 10.1 Å². The quantitative estimate of drug-likeness (QED) is 0.702. The summed E-state index contributed by atoms with van der Waals surface area (Å²) in [6, 6.07) is 16.8. The van der Waals surface area contributed by atoms with E-state index in [4.69, 9.17) is 0 Å². The van der Waals surface area contributed by atoms with E-state index in [1.807, 2.05) is 42.3 Å². The molecule has 0 saturated heterocycles. The molecule has 8 nitrogen and oxygen atoms in total. The fourth-order valence-corrected chi connectivity index (χ4v) is 3.40. The van der Waals surface area contributed by atoms with E-state index in [0.29, 0.717) is 29.7 Å². The Labute approximate surface area is 166 Å². The summed E-state index contributed by atoms with van der Waals surface area (Å²) in [5.41, 5.74) is 0.470. The van der Waals surface area contributed by atoms with E-state index in [1.165, 1.54) is 0 Å². The number of rotatable bonds is 4. The number of amides is 1. The zero-order valence-corrected chi connectivity index (χ0v) is 16.0. The van der Waals surface area contributed by atoms with Gasteiger partial charge in [0.25, 0.3) is 5.56 Å². The number of para-hydroxylation sites is 1. The largest absolute Gasteiger partial charge is 0.329 e. The Bertz CT molecular complexity index is 1200. The van der Waals surface area contributed by atoms with Gasteiger partial charge in [-0.1, -0.05) is 42.5 Å². The molecule has 0 saturated carbocycles. The van der Waals surface area contributed by atoms with Crippen molar-refractivity contribution < 1.29 is 4.79 Å². The molecule has 1 aliphatic heterocycles. The summed E-state index contributed by atoms with van der Waals surface area (Å²) in [7, 11) is 0. The molecule has 4 rings (SSSR count). The third-order valence-corrected chi connectivity index (χ3v) is 4.91. The maximum Gasteiger partial charge on any atom is 0.329 e. The van der Waals surface area contributed by atoms with Crippen molar-refractivity contribution in [1.82, 2.24) is 19.9 Å². The molecule has 0 aliphatic carbocycles. The van der Waals surface area contributed by atoms with Crippen LogP contribution in [0.15, 0.2) is 69.3 Å². The fraction of sp³-hybridized carbons (Fsp3) is 0.238. The van der Waals surface area contributed by atoms with Crippen LogP contribution >= 0.6 is 0 Å². The van der Waals surface area contributed by atoms with Gasteiger partial charge in [-0.2, -0.15) is 5.10 Å². The lowest BCUT2D eigenvalue weighted by molar-refractivity contribution is -0.120. The predicted octanol–water partition coefficient (Wildman–Crippen LogP) is 1.41. The highest BCUT2D eigenvalue weighted by Crippen LogP contribution is 2.17. The SMILES string of the molecule is CC1CC(NC(=O)Cn2c(=O)[nH]c3ccccc3c2=O)=NN1Cc1ccccc1. The number of aromatic nitrogens is 2. The molecule has 29 heavy (non-hydrogen) atoms. The predicted molar refractivity (Wildman–Crippen MR) is 110 cm³/mol. The van der Waals surface area contributed by atoms with Gasteiger partial charge in [-0.3, -0.25) is 19.2 Å². The standard InChI is InChI=1S/C21H21N5O3/c1-14-11-18(24-26(14)12-15-7-3-2-4-8-15)23-19(27)13-25-20(28)16-9-5-6-10-17(16)22-21(25)29/h2-10,14H,11-13H2,1H3,(H,22,29)(H,23,24,27). The molecule has 0 bridgehead atoms. The average molecular weight is 391 g/mol. The second kappa shape index (κ2) is 7.75. The molecule has 2 heterocycles. The van der Waals surface area contributed by atoms with Gasteiger partial charge in [0.1, 0.15) is 12.4 Å². The van der Waals surface area contributed by atoms with Gasteiger partial charge in [0.2, 0.25) is 5.91 Å². The van der Waals surface area contributed by atoms with Crippen molar-refractivity contribution in [2.75, 3.05) is 0 Å². The van der Waals surface area contributed by atoms with Crippen molar-refractivity contribution in [2.45, 2.75) is 32.5 Å². The zero-order valence-electron chi connectivity index (χ0n) is 16.0. The first kappa shape index (κ1) is 18.7. The van der Waals surface area contributed by atoms with E-state index in [2.05, 4.69) is 15.4 Å². The number of hydrogen-bond acceptors (Lipinski definition) is 5. The van der Waals surface area contributed by atoms with Gasteiger partial charge in [0, 0.05) is 6.42 Å². The third kappa shape index (κ3) is 3.96. The molecular formula is C21H21N5O3. The van der Waals surface area contributed by atoms with Gasteiger partial charge >= 0.3 is 5.69 Å². The number of hydrogen-bond donors (Lipinski definition) is 2. The van der Waals surface area contributed by atoms with E-state index in [9.17, 15) is 14.4 Å². The minimum absolute atomic E-state index is 0.136.